The molecule has 0 saturated carbocycles. The molecular formula is C7H13NO5. The van der Waals surface area contributed by atoms with Crippen molar-refractivity contribution >= 4 is 11.9 Å². The predicted molar refractivity (Wildman–Crippen MR) is 43.2 cm³/mol. The summed E-state index contributed by atoms with van der Waals surface area (Å²) in [6.45, 7) is 0.676. The summed E-state index contributed by atoms with van der Waals surface area (Å²) in [6.07, 6.45) is -0.528. The molecule has 6 nitrogen and oxygen atoms in total. The Hall–Kier alpha value is -1.14. The van der Waals surface area contributed by atoms with E-state index in [1.165, 1.54) is 0 Å². The molecule has 3 N–H and O–H groups in total. The summed E-state index contributed by atoms with van der Waals surface area (Å²) in [5.41, 5.74) is 0. The smallest absolute Gasteiger partial charge is 0.312 e. The highest BCUT2D eigenvalue weighted by molar-refractivity contribution is 5.93. The van der Waals surface area contributed by atoms with Gasteiger partial charge in [0.25, 0.3) is 0 Å². The lowest BCUT2D eigenvalue weighted by atomic mass is 10.4. The summed E-state index contributed by atoms with van der Waals surface area (Å²) in [4.78, 5) is 20.7. The summed E-state index contributed by atoms with van der Waals surface area (Å²) in [5.74, 6) is -1.70. The third kappa shape index (κ3) is 8.77. The lowest BCUT2D eigenvalue weighted by Gasteiger charge is -2.03. The Bertz CT molecular complexity index is 170. The number of amides is 1. The van der Waals surface area contributed by atoms with Crippen LogP contribution in [0.15, 0.2) is 0 Å². The fourth-order valence-corrected chi connectivity index (χ4v) is 0.629. The highest BCUT2D eigenvalue weighted by Gasteiger charge is 2.05. The maximum Gasteiger partial charge on any atom is 0.312 e. The molecule has 0 aromatic rings. The molecule has 0 aromatic carbocycles. The van der Waals surface area contributed by atoms with Gasteiger partial charge in [0.05, 0.1) is 19.8 Å². The molecule has 0 unspecified atom stereocenters. The molecule has 0 saturated heterocycles. The van der Waals surface area contributed by atoms with Crippen molar-refractivity contribution in [3.8, 4) is 0 Å². The molecule has 0 atom stereocenters. The van der Waals surface area contributed by atoms with Gasteiger partial charge < -0.3 is 20.3 Å². The minimum Gasteiger partial charge on any atom is -0.481 e. The lowest BCUT2D eigenvalue weighted by Crippen LogP contribution is -2.29. The van der Waals surface area contributed by atoms with Crippen LogP contribution in [0.2, 0.25) is 0 Å². The maximum atomic E-state index is 10.7. The zero-order chi connectivity index (χ0) is 10.1. The van der Waals surface area contributed by atoms with Crippen LogP contribution in [0.4, 0.5) is 0 Å². The molecule has 6 heteroatoms. The van der Waals surface area contributed by atoms with Crippen LogP contribution in [-0.4, -0.2) is 48.5 Å². The number of carboxylic acid groups (broad SMARTS) is 1. The van der Waals surface area contributed by atoms with Gasteiger partial charge in [-0.2, -0.15) is 0 Å². The number of nitrogens with one attached hydrogen (secondary N) is 1. The molecule has 1 amide bonds. The highest BCUT2D eigenvalue weighted by atomic mass is 16.5. The van der Waals surface area contributed by atoms with E-state index >= 15 is 0 Å². The van der Waals surface area contributed by atoms with Crippen LogP contribution < -0.4 is 5.32 Å². The van der Waals surface area contributed by atoms with Crippen LogP contribution in [-0.2, 0) is 14.3 Å². The van der Waals surface area contributed by atoms with E-state index in [0.717, 1.165) is 0 Å². The van der Waals surface area contributed by atoms with Crippen LogP contribution in [0.5, 0.6) is 0 Å². The Balaban J connectivity index is 3.22. The molecule has 13 heavy (non-hydrogen) atoms. The first-order valence-corrected chi connectivity index (χ1v) is 3.84. The summed E-state index contributed by atoms with van der Waals surface area (Å²) < 4.78 is 4.83. The molecule has 76 valence electrons. The number of rotatable bonds is 7. The predicted octanol–water partition coefficient (Wildman–Crippen LogP) is -1.41. The van der Waals surface area contributed by atoms with E-state index in [9.17, 15) is 9.59 Å². The molecule has 0 aliphatic rings. The van der Waals surface area contributed by atoms with Gasteiger partial charge in [-0.25, -0.2) is 0 Å². The maximum absolute atomic E-state index is 10.7. The summed E-state index contributed by atoms with van der Waals surface area (Å²) in [5, 5.41) is 18.8. The van der Waals surface area contributed by atoms with Gasteiger partial charge in [-0.05, 0) is 0 Å². The molecule has 0 aliphatic carbocycles. The number of carboxylic acids is 1. The van der Waals surface area contributed by atoms with Crippen molar-refractivity contribution in [1.29, 1.82) is 0 Å². The normalized spacial score (nSPS) is 9.62. The number of carbonyl (C=O) groups excluding carboxylic acids is 1. The summed E-state index contributed by atoms with van der Waals surface area (Å²) in [6, 6.07) is 0. The number of carbonyl (C=O) groups is 2. The van der Waals surface area contributed by atoms with Gasteiger partial charge in [0.2, 0.25) is 5.91 Å². The number of hydrogen-bond acceptors (Lipinski definition) is 4. The van der Waals surface area contributed by atoms with Gasteiger partial charge in [-0.15, -0.1) is 0 Å². The first-order chi connectivity index (χ1) is 6.16. The van der Waals surface area contributed by atoms with Crippen molar-refractivity contribution in [2.24, 2.45) is 0 Å². The largest absolute Gasteiger partial charge is 0.481 e. The molecule has 0 fully saturated rings. The minimum atomic E-state index is -1.16. The van der Waals surface area contributed by atoms with E-state index in [4.69, 9.17) is 14.9 Å². The van der Waals surface area contributed by atoms with E-state index in [1.54, 1.807) is 0 Å². The van der Waals surface area contributed by atoms with Crippen LogP contribution >= 0.6 is 0 Å². The minimum absolute atomic E-state index is 0.0664. The quantitative estimate of drug-likeness (QED) is 0.339. The standard InChI is InChI=1S/C7H13NO5/c9-2-4-13-3-1-8-6(10)5-7(11)12/h9H,1-5H2,(H,8,10)(H,11,12). The van der Waals surface area contributed by atoms with Gasteiger partial charge in [0.15, 0.2) is 0 Å². The summed E-state index contributed by atoms with van der Waals surface area (Å²) >= 11 is 0. The lowest BCUT2D eigenvalue weighted by molar-refractivity contribution is -0.140. The molecule has 0 aromatic heterocycles. The Morgan fingerprint density at radius 3 is 2.54 bits per heavy atom. The van der Waals surface area contributed by atoms with Crippen LogP contribution in [0, 0.1) is 0 Å². The van der Waals surface area contributed by atoms with Gasteiger partial charge in [-0.1, -0.05) is 0 Å². The molecule has 0 spiro atoms. The second-order valence-electron chi connectivity index (χ2n) is 2.26. The number of aliphatic hydroxyl groups excluding tert-OH is 1. The van der Waals surface area contributed by atoms with Crippen molar-refractivity contribution in [3.63, 3.8) is 0 Å². The number of hydrogen-bond donors (Lipinski definition) is 3. The van der Waals surface area contributed by atoms with Crippen molar-refractivity contribution in [3.05, 3.63) is 0 Å². The average molecular weight is 191 g/mol. The zero-order valence-corrected chi connectivity index (χ0v) is 7.15. The van der Waals surface area contributed by atoms with Crippen molar-refractivity contribution < 1.29 is 24.5 Å². The molecule has 0 heterocycles. The topological polar surface area (TPSA) is 95.9 Å². The third-order valence-electron chi connectivity index (χ3n) is 1.12. The van der Waals surface area contributed by atoms with Gasteiger partial charge in [-0.3, -0.25) is 9.59 Å². The van der Waals surface area contributed by atoms with E-state index in [2.05, 4.69) is 5.32 Å². The SMILES string of the molecule is O=C(O)CC(=O)NCCOCCO. The summed E-state index contributed by atoms with van der Waals surface area (Å²) in [7, 11) is 0. The average Bonchev–Trinajstić information content (AvgIpc) is 2.02. The van der Waals surface area contributed by atoms with Crippen LogP contribution in [0.1, 0.15) is 6.42 Å². The van der Waals surface area contributed by atoms with Crippen molar-refractivity contribution in [1.82, 2.24) is 5.32 Å². The Labute approximate surface area is 75.5 Å². The fourth-order valence-electron chi connectivity index (χ4n) is 0.629. The molecule has 0 aliphatic heterocycles. The first-order valence-electron chi connectivity index (χ1n) is 3.84. The van der Waals surface area contributed by atoms with E-state index in [-0.39, 0.29) is 26.4 Å². The Morgan fingerprint density at radius 2 is 2.00 bits per heavy atom. The van der Waals surface area contributed by atoms with E-state index < -0.39 is 18.3 Å². The Morgan fingerprint density at radius 1 is 1.31 bits per heavy atom. The first kappa shape index (κ1) is 11.9. The third-order valence-corrected chi connectivity index (χ3v) is 1.12. The molecule has 0 bridgehead atoms. The van der Waals surface area contributed by atoms with E-state index in [1.807, 2.05) is 0 Å². The second kappa shape index (κ2) is 7.51. The Kier molecular flexibility index (Phi) is 6.85. The number of aliphatic carboxylic acids is 1. The molecule has 0 rings (SSSR count). The fraction of sp³-hybridized carbons (Fsp3) is 0.714. The monoisotopic (exact) mass is 191 g/mol. The number of aliphatic hydroxyl groups is 1. The van der Waals surface area contributed by atoms with Gasteiger partial charge >= 0.3 is 5.97 Å². The van der Waals surface area contributed by atoms with E-state index in [0.29, 0.717) is 0 Å². The van der Waals surface area contributed by atoms with Crippen molar-refractivity contribution in [2.45, 2.75) is 6.42 Å². The van der Waals surface area contributed by atoms with Crippen LogP contribution in [0.25, 0.3) is 0 Å². The molecule has 0 radical (unpaired) electrons. The van der Waals surface area contributed by atoms with Gasteiger partial charge in [0.1, 0.15) is 6.42 Å². The second-order valence-corrected chi connectivity index (χ2v) is 2.26. The highest BCUT2D eigenvalue weighted by Crippen LogP contribution is 1.79. The van der Waals surface area contributed by atoms with Crippen molar-refractivity contribution in [2.75, 3.05) is 26.4 Å². The molecular weight excluding hydrogens is 178 g/mol. The van der Waals surface area contributed by atoms with Crippen LogP contribution in [0.3, 0.4) is 0 Å². The van der Waals surface area contributed by atoms with Gasteiger partial charge in [0, 0.05) is 6.54 Å². The zero-order valence-electron chi connectivity index (χ0n) is 7.15. The number of ether oxygens (including phenoxy) is 1.